The van der Waals surface area contributed by atoms with E-state index in [1.165, 1.54) is 22.4 Å². The van der Waals surface area contributed by atoms with Crippen LogP contribution in [0.25, 0.3) is 0 Å². The molecule has 0 bridgehead atoms. The zero-order valence-electron chi connectivity index (χ0n) is 8.60. The van der Waals surface area contributed by atoms with Crippen molar-refractivity contribution in [1.82, 2.24) is 0 Å². The molecule has 0 aromatic heterocycles. The highest BCUT2D eigenvalue weighted by Gasteiger charge is 2.08. The predicted molar refractivity (Wildman–Crippen MR) is 66.1 cm³/mol. The molecule has 5 heteroatoms. The van der Waals surface area contributed by atoms with Gasteiger partial charge in [0, 0.05) is 25.2 Å². The van der Waals surface area contributed by atoms with Crippen molar-refractivity contribution in [2.45, 2.75) is 20.8 Å². The van der Waals surface area contributed by atoms with Crippen molar-refractivity contribution in [2.75, 3.05) is 4.23 Å². The number of hydrogen-bond acceptors (Lipinski definition) is 1. The quantitative estimate of drug-likeness (QED) is 0.713. The van der Waals surface area contributed by atoms with Crippen LogP contribution in [0.1, 0.15) is 16.7 Å². The molecule has 1 rings (SSSR count). The van der Waals surface area contributed by atoms with Crippen molar-refractivity contribution >= 4 is 43.6 Å². The Kier molecular flexibility index (Phi) is 4.36. The van der Waals surface area contributed by atoms with Gasteiger partial charge in [0.05, 0.1) is 0 Å². The van der Waals surface area contributed by atoms with Crippen LogP contribution in [-0.2, 0) is 0 Å². The third kappa shape index (κ3) is 2.28. The molecule has 1 aromatic rings. The number of nitrogens with zero attached hydrogens (tertiary/aromatic N) is 1. The Morgan fingerprint density at radius 3 is 2.07 bits per heavy atom. The average molecular weight is 246 g/mol. The van der Waals surface area contributed by atoms with Crippen molar-refractivity contribution in [3.63, 3.8) is 0 Å². The topological polar surface area (TPSA) is 3.24 Å². The van der Waals surface area contributed by atoms with E-state index in [4.69, 9.17) is 0 Å². The van der Waals surface area contributed by atoms with Crippen LogP contribution in [0.3, 0.4) is 0 Å². The van der Waals surface area contributed by atoms with Gasteiger partial charge in [-0.1, -0.05) is 6.07 Å². The molecule has 0 saturated carbocycles. The monoisotopic (exact) mass is 245 g/mol. The molecule has 14 heavy (non-hydrogen) atoms. The van der Waals surface area contributed by atoms with E-state index >= 15 is 0 Å². The molecule has 0 amide bonds. The molecule has 10 radical (unpaired) electrons. The third-order valence-electron chi connectivity index (χ3n) is 2.49. The molecule has 0 atom stereocenters. The number of hydrogen-bond donors (Lipinski definition) is 0. The number of benzene rings is 1. The molecule has 1 aromatic carbocycles. The maximum absolute atomic E-state index is 3.57. The second kappa shape index (κ2) is 5.11. The zero-order valence-corrected chi connectivity index (χ0v) is 12.6. The maximum atomic E-state index is 3.57. The Morgan fingerprint density at radius 1 is 1.00 bits per heavy atom. The van der Waals surface area contributed by atoms with Gasteiger partial charge in [0.15, 0.2) is 0 Å². The molecule has 0 saturated heterocycles. The van der Waals surface area contributed by atoms with E-state index in [1.54, 1.807) is 0 Å². The molecule has 0 heterocycles. The van der Waals surface area contributed by atoms with Crippen LogP contribution in [0.15, 0.2) is 12.1 Å². The van der Waals surface area contributed by atoms with Crippen LogP contribution in [0.5, 0.6) is 0 Å². The summed E-state index contributed by atoms with van der Waals surface area (Å²) in [6.45, 7) is 6.52. The number of anilines is 1. The third-order valence-corrected chi connectivity index (χ3v) is 6.78. The van der Waals surface area contributed by atoms with E-state index in [0.29, 0.717) is 18.4 Å². The fourth-order valence-corrected chi connectivity index (χ4v) is 5.02. The summed E-state index contributed by atoms with van der Waals surface area (Å²) in [4.78, 5) is 0. The minimum Gasteiger partial charge on any atom is -0.432 e. The van der Waals surface area contributed by atoms with Crippen molar-refractivity contribution in [3.8, 4) is 0 Å². The molecule has 0 fully saturated rings. The van der Waals surface area contributed by atoms with Crippen molar-refractivity contribution < 1.29 is 0 Å². The van der Waals surface area contributed by atoms with Crippen molar-refractivity contribution in [2.24, 2.45) is 0 Å². The highest BCUT2D eigenvalue weighted by Crippen LogP contribution is 2.23. The van der Waals surface area contributed by atoms with Crippen molar-refractivity contribution in [1.29, 1.82) is 0 Å². The van der Waals surface area contributed by atoms with Gasteiger partial charge < -0.3 is 4.23 Å². The van der Waals surface area contributed by atoms with Gasteiger partial charge in [0.1, 0.15) is 18.4 Å². The molecule has 68 valence electrons. The molecular weight excluding hydrogens is 234 g/mol. The lowest BCUT2D eigenvalue weighted by molar-refractivity contribution is 1.26. The largest absolute Gasteiger partial charge is 0.432 e. The van der Waals surface area contributed by atoms with Gasteiger partial charge in [-0.3, -0.25) is 0 Å². The molecule has 0 aliphatic carbocycles. The molecule has 0 spiro atoms. The summed E-state index contributed by atoms with van der Waals surface area (Å²) >= 11 is 0. The van der Waals surface area contributed by atoms with Crippen LogP contribution < -0.4 is 4.23 Å². The first-order chi connectivity index (χ1) is 6.61. The average Bonchev–Trinajstić information content (AvgIpc) is 2.19. The Morgan fingerprint density at radius 2 is 1.57 bits per heavy atom. The predicted octanol–water partition coefficient (Wildman–Crippen LogP) is 0.824. The van der Waals surface area contributed by atoms with E-state index in [9.17, 15) is 0 Å². The molecule has 1 nitrogen and oxygen atoms in total. The van der Waals surface area contributed by atoms with Crippen LogP contribution in [0, 0.1) is 20.8 Å². The van der Waals surface area contributed by atoms with Gasteiger partial charge in [-0.05, 0) is 43.5 Å². The van der Waals surface area contributed by atoms with Gasteiger partial charge in [-0.2, -0.15) is 0 Å². The van der Waals surface area contributed by atoms with Crippen molar-refractivity contribution in [3.05, 3.63) is 28.8 Å². The number of aryl methyl sites for hydroxylation is 1. The fourth-order valence-electron chi connectivity index (χ4n) is 1.33. The van der Waals surface area contributed by atoms with E-state index in [-0.39, 0.29) is 0 Å². The Hall–Kier alpha value is -0.112. The van der Waals surface area contributed by atoms with Gasteiger partial charge in [-0.15, -0.1) is 0 Å². The first-order valence-electron chi connectivity index (χ1n) is 4.33. The van der Waals surface area contributed by atoms with E-state index in [1.807, 2.05) is 0 Å². The van der Waals surface area contributed by atoms with E-state index < -0.39 is 0 Å². The van der Waals surface area contributed by atoms with Crippen LogP contribution >= 0.6 is 0 Å². The normalized spacial score (nSPS) is 10.4. The van der Waals surface area contributed by atoms with E-state index in [2.05, 4.69) is 56.7 Å². The lowest BCUT2D eigenvalue weighted by Gasteiger charge is -2.24. The first kappa shape index (κ1) is 12.0. The highest BCUT2D eigenvalue weighted by molar-refractivity contribution is 7.05. The second-order valence-electron chi connectivity index (χ2n) is 3.21. The minimum atomic E-state index is 0.619. The lowest BCUT2D eigenvalue weighted by Crippen LogP contribution is -2.33. The molecule has 0 aliphatic heterocycles. The Labute approximate surface area is 97.5 Å². The first-order valence-corrected chi connectivity index (χ1v) is 9.23. The van der Waals surface area contributed by atoms with Gasteiger partial charge in [-0.25, -0.2) is 0 Å². The van der Waals surface area contributed by atoms with Gasteiger partial charge >= 0.3 is 0 Å². The summed E-state index contributed by atoms with van der Waals surface area (Å²) in [7, 11) is 8.37. The molecule has 0 N–H and O–H groups in total. The molecule has 0 unspecified atom stereocenters. The summed E-state index contributed by atoms with van der Waals surface area (Å²) < 4.78 is 2.29. The Balaban J connectivity index is 3.16. The SMILES string of the molecule is Cc1ccc(N([Si][Si])[Si][Si])c(C)c1C. The molecule has 0 aliphatic rings. The standard InChI is InChI=1S/C9H11NSi4/c1-6-4-5-9(8(3)7(6)2)10(13-11)14-12/h4-5H,1-3H3. The number of rotatable bonds is 3. The van der Waals surface area contributed by atoms with Gasteiger partial charge in [0.25, 0.3) is 0 Å². The van der Waals surface area contributed by atoms with E-state index in [0.717, 1.165) is 0 Å². The summed E-state index contributed by atoms with van der Waals surface area (Å²) in [6, 6.07) is 4.38. The minimum absolute atomic E-state index is 0.619. The van der Waals surface area contributed by atoms with Crippen LogP contribution in [0.2, 0.25) is 0 Å². The maximum Gasteiger partial charge on any atom is 0.143 e. The van der Waals surface area contributed by atoms with Gasteiger partial charge in [0.2, 0.25) is 0 Å². The Bertz CT molecular complexity index is 323. The van der Waals surface area contributed by atoms with Crippen LogP contribution in [-0.4, -0.2) is 37.9 Å². The summed E-state index contributed by atoms with van der Waals surface area (Å²) in [6.07, 6.45) is 0. The summed E-state index contributed by atoms with van der Waals surface area (Å²) in [5.74, 6) is 0. The summed E-state index contributed by atoms with van der Waals surface area (Å²) in [5, 5.41) is 0. The molecular formula is C9H11NSi4. The smallest absolute Gasteiger partial charge is 0.143 e. The summed E-state index contributed by atoms with van der Waals surface area (Å²) in [5.41, 5.74) is 5.44. The lowest BCUT2D eigenvalue weighted by atomic mass is 10.0. The van der Waals surface area contributed by atoms with Crippen LogP contribution in [0.4, 0.5) is 5.69 Å². The second-order valence-corrected chi connectivity index (χ2v) is 6.34. The fraction of sp³-hybridized carbons (Fsp3) is 0.333. The highest BCUT2D eigenvalue weighted by atomic mass is 29.2. The zero-order chi connectivity index (χ0) is 10.7.